The molecule has 4 nitrogen and oxygen atoms in total. The number of carbonyl (C=O) groups is 1. The molecule has 0 saturated carbocycles. The van der Waals surface area contributed by atoms with Crippen molar-refractivity contribution < 1.29 is 9.53 Å². The minimum Gasteiger partial charge on any atom is -0.443 e. The number of anilines is 1. The summed E-state index contributed by atoms with van der Waals surface area (Å²) >= 11 is 17.9. The van der Waals surface area contributed by atoms with Gasteiger partial charge in [-0.25, -0.2) is 10.2 Å². The summed E-state index contributed by atoms with van der Waals surface area (Å²) in [4.78, 5) is 11.6. The summed E-state index contributed by atoms with van der Waals surface area (Å²) in [5.41, 5.74) is 2.41. The van der Waals surface area contributed by atoms with E-state index < -0.39 is 11.7 Å². The Hall–Kier alpha value is -0.840. The predicted molar refractivity (Wildman–Crippen MR) is 79.2 cm³/mol. The van der Waals surface area contributed by atoms with Crippen LogP contribution in [0.2, 0.25) is 15.1 Å². The fourth-order valence-corrected chi connectivity index (χ4v) is 2.00. The van der Waals surface area contributed by atoms with Crippen molar-refractivity contribution in [2.45, 2.75) is 26.4 Å². The Morgan fingerprint density at radius 1 is 1.26 bits per heavy atom. The van der Waals surface area contributed by atoms with Gasteiger partial charge in [-0.3, -0.25) is 5.01 Å². The molecule has 0 radical (unpaired) electrons. The van der Waals surface area contributed by atoms with Gasteiger partial charge >= 0.3 is 6.09 Å². The van der Waals surface area contributed by atoms with Crippen LogP contribution in [0.3, 0.4) is 0 Å². The van der Waals surface area contributed by atoms with Crippen LogP contribution in [0.1, 0.15) is 20.8 Å². The maximum Gasteiger partial charge on any atom is 0.426 e. The molecule has 19 heavy (non-hydrogen) atoms. The monoisotopic (exact) mass is 324 g/mol. The minimum absolute atomic E-state index is 0.296. The summed E-state index contributed by atoms with van der Waals surface area (Å²) in [6, 6.07) is 3.11. The summed E-state index contributed by atoms with van der Waals surface area (Å²) < 4.78 is 5.13. The first kappa shape index (κ1) is 16.2. The molecule has 106 valence electrons. The van der Waals surface area contributed by atoms with E-state index in [4.69, 9.17) is 39.5 Å². The van der Waals surface area contributed by atoms with Gasteiger partial charge in [0.25, 0.3) is 0 Å². The molecule has 7 heteroatoms. The van der Waals surface area contributed by atoms with E-state index in [9.17, 15) is 4.79 Å². The van der Waals surface area contributed by atoms with Crippen molar-refractivity contribution in [3.8, 4) is 0 Å². The van der Waals surface area contributed by atoms with Crippen LogP contribution in [-0.2, 0) is 4.74 Å². The van der Waals surface area contributed by atoms with Crippen molar-refractivity contribution in [3.63, 3.8) is 0 Å². The second-order valence-electron chi connectivity index (χ2n) is 4.89. The van der Waals surface area contributed by atoms with Gasteiger partial charge in [0.15, 0.2) is 0 Å². The quantitative estimate of drug-likeness (QED) is 0.642. The zero-order valence-electron chi connectivity index (χ0n) is 11.1. The highest BCUT2D eigenvalue weighted by atomic mass is 35.5. The molecule has 0 aliphatic carbocycles. The number of amides is 1. The molecule has 1 rings (SSSR count). The fraction of sp³-hybridized carbons (Fsp3) is 0.417. The van der Waals surface area contributed by atoms with Gasteiger partial charge in [-0.2, -0.15) is 0 Å². The predicted octanol–water partition coefficient (Wildman–Crippen LogP) is 4.52. The maximum absolute atomic E-state index is 11.6. The average molecular weight is 326 g/mol. The number of hydrazine groups is 1. The Morgan fingerprint density at radius 3 is 2.37 bits per heavy atom. The summed E-state index contributed by atoms with van der Waals surface area (Å²) in [5.74, 6) is 0. The zero-order chi connectivity index (χ0) is 14.8. The van der Waals surface area contributed by atoms with Crippen LogP contribution in [-0.4, -0.2) is 18.7 Å². The molecule has 0 unspecified atom stereocenters. The van der Waals surface area contributed by atoms with E-state index in [1.54, 1.807) is 33.9 Å². The lowest BCUT2D eigenvalue weighted by Crippen LogP contribution is -2.42. The lowest BCUT2D eigenvalue weighted by atomic mass is 10.2. The number of rotatable bonds is 2. The van der Waals surface area contributed by atoms with Gasteiger partial charge in [-0.05, 0) is 32.9 Å². The fourth-order valence-electron chi connectivity index (χ4n) is 1.28. The van der Waals surface area contributed by atoms with E-state index >= 15 is 0 Å². The normalized spacial score (nSPS) is 11.1. The van der Waals surface area contributed by atoms with Crippen LogP contribution in [0.15, 0.2) is 12.1 Å². The molecule has 1 amide bonds. The number of nitrogens with one attached hydrogen (secondary N) is 1. The van der Waals surface area contributed by atoms with E-state index in [1.807, 2.05) is 0 Å². The third-order valence-corrected chi connectivity index (χ3v) is 3.00. The maximum atomic E-state index is 11.6. The third-order valence-electron chi connectivity index (χ3n) is 1.99. The number of benzene rings is 1. The standard InChI is InChI=1S/C12H15Cl3N2O2/c1-12(2,3)19-11(18)16-17(4)9-6-7(13)5-8(14)10(9)15/h5-6H,1-4H3,(H,16,18). The van der Waals surface area contributed by atoms with Crippen LogP contribution in [0.4, 0.5) is 10.5 Å². The van der Waals surface area contributed by atoms with Gasteiger partial charge in [-0.1, -0.05) is 34.8 Å². The van der Waals surface area contributed by atoms with Gasteiger partial charge in [0.05, 0.1) is 15.7 Å². The van der Waals surface area contributed by atoms with E-state index in [-0.39, 0.29) is 0 Å². The van der Waals surface area contributed by atoms with Gasteiger partial charge < -0.3 is 4.74 Å². The highest BCUT2D eigenvalue weighted by Gasteiger charge is 2.19. The lowest BCUT2D eigenvalue weighted by molar-refractivity contribution is 0.0524. The lowest BCUT2D eigenvalue weighted by Gasteiger charge is -2.25. The number of hydrogen-bond acceptors (Lipinski definition) is 3. The van der Waals surface area contributed by atoms with Crippen LogP contribution in [0, 0.1) is 0 Å². The number of ether oxygens (including phenoxy) is 1. The van der Waals surface area contributed by atoms with Crippen LogP contribution in [0.25, 0.3) is 0 Å². The molecule has 0 saturated heterocycles. The number of nitrogens with zero attached hydrogens (tertiary/aromatic N) is 1. The highest BCUT2D eigenvalue weighted by Crippen LogP contribution is 2.34. The van der Waals surface area contributed by atoms with E-state index in [2.05, 4.69) is 5.43 Å². The van der Waals surface area contributed by atoms with Gasteiger partial charge in [-0.15, -0.1) is 0 Å². The number of halogens is 3. The van der Waals surface area contributed by atoms with Crippen LogP contribution < -0.4 is 10.4 Å². The second-order valence-corrected chi connectivity index (χ2v) is 6.12. The SMILES string of the molecule is CN(NC(=O)OC(C)(C)C)c1cc(Cl)cc(Cl)c1Cl. The average Bonchev–Trinajstić information content (AvgIpc) is 2.20. The summed E-state index contributed by atoms with van der Waals surface area (Å²) in [6.45, 7) is 5.32. The highest BCUT2D eigenvalue weighted by molar-refractivity contribution is 6.45. The minimum atomic E-state index is -0.595. The Balaban J connectivity index is 2.84. The number of hydrogen-bond donors (Lipinski definition) is 1. The molecule has 0 aliphatic heterocycles. The first-order valence-electron chi connectivity index (χ1n) is 5.48. The molecule has 1 aromatic carbocycles. The molecule has 0 spiro atoms. The van der Waals surface area contributed by atoms with Crippen molar-refractivity contribution in [3.05, 3.63) is 27.2 Å². The van der Waals surface area contributed by atoms with Crippen molar-refractivity contribution >= 4 is 46.6 Å². The molecular weight excluding hydrogens is 311 g/mol. The first-order valence-corrected chi connectivity index (χ1v) is 6.61. The van der Waals surface area contributed by atoms with E-state index in [0.717, 1.165) is 0 Å². The largest absolute Gasteiger partial charge is 0.443 e. The molecular formula is C12H15Cl3N2O2. The second kappa shape index (κ2) is 6.07. The summed E-state index contributed by atoms with van der Waals surface area (Å²) in [7, 11) is 1.61. The first-order chi connectivity index (χ1) is 8.60. The van der Waals surface area contributed by atoms with E-state index in [0.29, 0.717) is 20.8 Å². The molecule has 0 bridgehead atoms. The Morgan fingerprint density at radius 2 is 1.84 bits per heavy atom. The summed E-state index contributed by atoms with van der Waals surface area (Å²) in [5, 5.41) is 2.42. The van der Waals surface area contributed by atoms with Gasteiger partial charge in [0.1, 0.15) is 5.60 Å². The van der Waals surface area contributed by atoms with Crippen LogP contribution in [0.5, 0.6) is 0 Å². The Kier molecular flexibility index (Phi) is 5.18. The Labute approximate surface area is 127 Å². The zero-order valence-corrected chi connectivity index (χ0v) is 13.3. The molecule has 1 aromatic rings. The molecule has 0 aliphatic rings. The van der Waals surface area contributed by atoms with Crippen molar-refractivity contribution in [1.29, 1.82) is 0 Å². The number of carbonyl (C=O) groups excluding carboxylic acids is 1. The van der Waals surface area contributed by atoms with E-state index in [1.165, 1.54) is 11.1 Å². The summed E-state index contributed by atoms with van der Waals surface area (Å²) in [6.07, 6.45) is -0.595. The molecule has 1 N–H and O–H groups in total. The third kappa shape index (κ3) is 4.97. The Bertz CT molecular complexity index is 487. The van der Waals surface area contributed by atoms with Gasteiger partial charge in [0, 0.05) is 12.1 Å². The van der Waals surface area contributed by atoms with Crippen molar-refractivity contribution in [2.24, 2.45) is 0 Å². The molecule has 0 atom stereocenters. The smallest absolute Gasteiger partial charge is 0.426 e. The molecule has 0 fully saturated rings. The molecule has 0 aromatic heterocycles. The van der Waals surface area contributed by atoms with Crippen molar-refractivity contribution in [2.75, 3.05) is 12.1 Å². The van der Waals surface area contributed by atoms with Crippen LogP contribution >= 0.6 is 34.8 Å². The molecule has 0 heterocycles. The van der Waals surface area contributed by atoms with Crippen molar-refractivity contribution in [1.82, 2.24) is 5.43 Å². The topological polar surface area (TPSA) is 41.6 Å². The van der Waals surface area contributed by atoms with Gasteiger partial charge in [0.2, 0.25) is 0 Å².